The maximum atomic E-state index is 10.8. The number of aromatic nitrogens is 2. The van der Waals surface area contributed by atoms with Crippen LogP contribution in [-0.2, 0) is 13.1 Å². The summed E-state index contributed by atoms with van der Waals surface area (Å²) >= 11 is 0. The van der Waals surface area contributed by atoms with E-state index in [1.54, 1.807) is 18.3 Å². The third kappa shape index (κ3) is 4.37. The zero-order valence-electron chi connectivity index (χ0n) is 13.0. The lowest BCUT2D eigenvalue weighted by Gasteiger charge is -2.34. The first-order chi connectivity index (χ1) is 11.2. The Balaban J connectivity index is 1.45. The van der Waals surface area contributed by atoms with Gasteiger partial charge in [-0.05, 0) is 5.56 Å². The largest absolute Gasteiger partial charge is 0.336 e. The zero-order chi connectivity index (χ0) is 16.1. The van der Waals surface area contributed by atoms with Gasteiger partial charge in [-0.2, -0.15) is 0 Å². The highest BCUT2D eigenvalue weighted by molar-refractivity contribution is 5.34. The minimum Gasteiger partial charge on any atom is -0.336 e. The minimum atomic E-state index is -0.336. The van der Waals surface area contributed by atoms with Crippen molar-refractivity contribution in [3.05, 3.63) is 58.7 Å². The Morgan fingerprint density at radius 2 is 1.91 bits per heavy atom. The van der Waals surface area contributed by atoms with Crippen LogP contribution in [0.1, 0.15) is 5.56 Å². The van der Waals surface area contributed by atoms with Crippen molar-refractivity contribution in [3.63, 3.8) is 0 Å². The van der Waals surface area contributed by atoms with Crippen LogP contribution in [0.25, 0.3) is 0 Å². The van der Waals surface area contributed by atoms with Crippen molar-refractivity contribution in [2.45, 2.75) is 13.1 Å². The Kier molecular flexibility index (Phi) is 4.99. The van der Waals surface area contributed by atoms with Crippen LogP contribution in [0.2, 0.25) is 0 Å². The number of rotatable bonds is 6. The standard InChI is InChI=1S/C16H21N5O2/c22-21(23)16-3-1-2-15(12-16)13-19-9-6-18(7-10-19)8-11-20-5-4-17-14-20/h1-5,12,14H,6-11,13H2. The highest BCUT2D eigenvalue weighted by atomic mass is 16.6. The summed E-state index contributed by atoms with van der Waals surface area (Å²) in [6, 6.07) is 6.93. The third-order valence-electron chi connectivity index (χ3n) is 4.23. The van der Waals surface area contributed by atoms with Gasteiger partial charge in [-0.3, -0.25) is 19.9 Å². The first kappa shape index (κ1) is 15.6. The van der Waals surface area contributed by atoms with Crippen LogP contribution >= 0.6 is 0 Å². The fourth-order valence-corrected chi connectivity index (χ4v) is 2.87. The Labute approximate surface area is 135 Å². The molecule has 1 fully saturated rings. The molecule has 1 saturated heterocycles. The minimum absolute atomic E-state index is 0.168. The van der Waals surface area contributed by atoms with Gasteiger partial charge in [0.25, 0.3) is 5.69 Å². The van der Waals surface area contributed by atoms with Gasteiger partial charge in [0.05, 0.1) is 11.3 Å². The second-order valence-electron chi connectivity index (χ2n) is 5.85. The lowest BCUT2D eigenvalue weighted by Crippen LogP contribution is -2.46. The van der Waals surface area contributed by atoms with Gasteiger partial charge >= 0.3 is 0 Å². The Hall–Kier alpha value is -2.25. The number of benzene rings is 1. The molecular formula is C16H21N5O2. The number of non-ortho nitro benzene ring substituents is 1. The second kappa shape index (κ2) is 7.34. The van der Waals surface area contributed by atoms with Gasteiger partial charge in [0, 0.05) is 70.3 Å². The molecule has 0 atom stereocenters. The summed E-state index contributed by atoms with van der Waals surface area (Å²) in [6.07, 6.45) is 5.63. The number of hydrogen-bond acceptors (Lipinski definition) is 5. The summed E-state index contributed by atoms with van der Waals surface area (Å²) in [5.74, 6) is 0. The molecule has 0 unspecified atom stereocenters. The first-order valence-corrected chi connectivity index (χ1v) is 7.84. The molecule has 2 heterocycles. The smallest absolute Gasteiger partial charge is 0.269 e. The van der Waals surface area contributed by atoms with E-state index in [0.29, 0.717) is 0 Å². The number of nitro benzene ring substituents is 1. The Bertz CT molecular complexity index is 636. The molecule has 1 aliphatic rings. The summed E-state index contributed by atoms with van der Waals surface area (Å²) in [6.45, 7) is 6.81. The predicted octanol–water partition coefficient (Wildman–Crippen LogP) is 1.61. The number of nitro groups is 1. The number of piperazine rings is 1. The van der Waals surface area contributed by atoms with Gasteiger partial charge in [0.1, 0.15) is 0 Å². The van der Waals surface area contributed by atoms with Crippen LogP contribution in [-0.4, -0.2) is 57.0 Å². The maximum Gasteiger partial charge on any atom is 0.269 e. The monoisotopic (exact) mass is 315 g/mol. The van der Waals surface area contributed by atoms with E-state index in [4.69, 9.17) is 0 Å². The molecule has 0 aliphatic carbocycles. The van der Waals surface area contributed by atoms with E-state index in [9.17, 15) is 10.1 Å². The molecule has 1 aliphatic heterocycles. The van der Waals surface area contributed by atoms with Gasteiger partial charge < -0.3 is 4.57 Å². The number of nitrogens with zero attached hydrogens (tertiary/aromatic N) is 5. The van der Waals surface area contributed by atoms with E-state index in [-0.39, 0.29) is 10.6 Å². The van der Waals surface area contributed by atoms with Crippen molar-refractivity contribution in [2.75, 3.05) is 32.7 Å². The van der Waals surface area contributed by atoms with Crippen LogP contribution in [0.3, 0.4) is 0 Å². The van der Waals surface area contributed by atoms with Crippen molar-refractivity contribution in [2.24, 2.45) is 0 Å². The van der Waals surface area contributed by atoms with E-state index >= 15 is 0 Å². The van der Waals surface area contributed by atoms with Gasteiger partial charge in [0.2, 0.25) is 0 Å². The van der Waals surface area contributed by atoms with Crippen LogP contribution in [0.15, 0.2) is 43.0 Å². The molecule has 0 radical (unpaired) electrons. The fourth-order valence-electron chi connectivity index (χ4n) is 2.87. The van der Waals surface area contributed by atoms with Crippen LogP contribution < -0.4 is 0 Å². The molecule has 7 heteroatoms. The van der Waals surface area contributed by atoms with Crippen molar-refractivity contribution in [1.82, 2.24) is 19.4 Å². The zero-order valence-corrected chi connectivity index (χ0v) is 13.0. The molecule has 2 aromatic rings. The molecule has 0 bridgehead atoms. The average Bonchev–Trinajstić information content (AvgIpc) is 3.08. The number of imidazole rings is 1. The van der Waals surface area contributed by atoms with Gasteiger partial charge in [-0.15, -0.1) is 0 Å². The predicted molar refractivity (Wildman–Crippen MR) is 87.0 cm³/mol. The summed E-state index contributed by atoms with van der Waals surface area (Å²) in [7, 11) is 0. The molecule has 1 aromatic carbocycles. The second-order valence-corrected chi connectivity index (χ2v) is 5.85. The topological polar surface area (TPSA) is 67.4 Å². The van der Waals surface area contributed by atoms with E-state index in [1.165, 1.54) is 6.07 Å². The molecule has 0 saturated carbocycles. The first-order valence-electron chi connectivity index (χ1n) is 7.84. The maximum absolute atomic E-state index is 10.8. The molecule has 3 rings (SSSR count). The molecule has 122 valence electrons. The molecule has 23 heavy (non-hydrogen) atoms. The van der Waals surface area contributed by atoms with Gasteiger partial charge in [0.15, 0.2) is 0 Å². The van der Waals surface area contributed by atoms with Crippen LogP contribution in [0.5, 0.6) is 0 Å². The van der Waals surface area contributed by atoms with Crippen molar-refractivity contribution in [3.8, 4) is 0 Å². The van der Waals surface area contributed by atoms with Crippen molar-refractivity contribution >= 4 is 5.69 Å². The highest BCUT2D eigenvalue weighted by Crippen LogP contribution is 2.15. The molecule has 0 N–H and O–H groups in total. The lowest BCUT2D eigenvalue weighted by atomic mass is 10.1. The van der Waals surface area contributed by atoms with E-state index < -0.39 is 0 Å². The highest BCUT2D eigenvalue weighted by Gasteiger charge is 2.17. The Morgan fingerprint density at radius 1 is 1.13 bits per heavy atom. The number of hydrogen-bond donors (Lipinski definition) is 0. The molecule has 0 spiro atoms. The average molecular weight is 315 g/mol. The summed E-state index contributed by atoms with van der Waals surface area (Å²) in [4.78, 5) is 19.4. The summed E-state index contributed by atoms with van der Waals surface area (Å²) in [5, 5.41) is 10.8. The Morgan fingerprint density at radius 3 is 2.61 bits per heavy atom. The van der Waals surface area contributed by atoms with Gasteiger partial charge in [-0.1, -0.05) is 12.1 Å². The van der Waals surface area contributed by atoms with E-state index in [1.807, 2.05) is 18.6 Å². The molecular weight excluding hydrogens is 294 g/mol. The summed E-state index contributed by atoms with van der Waals surface area (Å²) in [5.41, 5.74) is 1.17. The molecule has 0 amide bonds. The fraction of sp³-hybridized carbons (Fsp3) is 0.438. The van der Waals surface area contributed by atoms with Gasteiger partial charge in [-0.25, -0.2) is 4.98 Å². The van der Waals surface area contributed by atoms with Crippen LogP contribution in [0, 0.1) is 10.1 Å². The lowest BCUT2D eigenvalue weighted by molar-refractivity contribution is -0.384. The van der Waals surface area contributed by atoms with E-state index in [0.717, 1.165) is 51.4 Å². The van der Waals surface area contributed by atoms with Crippen molar-refractivity contribution in [1.29, 1.82) is 0 Å². The normalized spacial score (nSPS) is 16.5. The van der Waals surface area contributed by atoms with Crippen molar-refractivity contribution < 1.29 is 4.92 Å². The summed E-state index contributed by atoms with van der Waals surface area (Å²) < 4.78 is 2.09. The quantitative estimate of drug-likeness (QED) is 0.598. The third-order valence-corrected chi connectivity index (χ3v) is 4.23. The molecule has 7 nitrogen and oxygen atoms in total. The SMILES string of the molecule is O=[N+]([O-])c1cccc(CN2CCN(CCn3ccnc3)CC2)c1. The van der Waals surface area contributed by atoms with E-state index in [2.05, 4.69) is 19.4 Å². The van der Waals surface area contributed by atoms with Crippen LogP contribution in [0.4, 0.5) is 5.69 Å². The molecule has 1 aromatic heterocycles.